The lowest BCUT2D eigenvalue weighted by atomic mass is 9.93. The van der Waals surface area contributed by atoms with E-state index >= 15 is 0 Å². The fraction of sp³-hybridized carbons (Fsp3) is 0.316. The van der Waals surface area contributed by atoms with E-state index in [1.807, 2.05) is 19.9 Å². The SMILES string of the molecule is C=C/C(=C\C)c1cc(C)c(Cl)c2sc3c(c12)CCN(C(=O)CO)C3. The van der Waals surface area contributed by atoms with Crippen molar-refractivity contribution < 1.29 is 9.90 Å². The zero-order chi connectivity index (χ0) is 17.4. The van der Waals surface area contributed by atoms with Crippen molar-refractivity contribution in [2.24, 2.45) is 0 Å². The number of halogens is 1. The van der Waals surface area contributed by atoms with Gasteiger partial charge in [-0.2, -0.15) is 0 Å². The molecule has 0 unspecified atom stereocenters. The Morgan fingerprint density at radius 2 is 2.29 bits per heavy atom. The molecule has 1 N–H and O–H groups in total. The van der Waals surface area contributed by atoms with Crippen LogP contribution in [0, 0.1) is 6.92 Å². The molecule has 0 radical (unpaired) electrons. The highest BCUT2D eigenvalue weighted by molar-refractivity contribution is 7.20. The Morgan fingerprint density at radius 3 is 2.92 bits per heavy atom. The van der Waals surface area contributed by atoms with Crippen LogP contribution in [0.25, 0.3) is 15.7 Å². The van der Waals surface area contributed by atoms with Crippen LogP contribution in [0.3, 0.4) is 0 Å². The van der Waals surface area contributed by atoms with Gasteiger partial charge >= 0.3 is 0 Å². The van der Waals surface area contributed by atoms with E-state index in [2.05, 4.69) is 18.7 Å². The fourth-order valence-electron chi connectivity index (χ4n) is 3.30. The third-order valence-corrected chi connectivity index (χ3v) is 6.40. The lowest BCUT2D eigenvalue weighted by molar-refractivity contribution is -0.135. The lowest BCUT2D eigenvalue weighted by Crippen LogP contribution is -2.37. The summed E-state index contributed by atoms with van der Waals surface area (Å²) in [6.07, 6.45) is 4.71. The lowest BCUT2D eigenvalue weighted by Gasteiger charge is -2.26. The van der Waals surface area contributed by atoms with Crippen molar-refractivity contribution in [2.45, 2.75) is 26.8 Å². The highest BCUT2D eigenvalue weighted by atomic mass is 35.5. The van der Waals surface area contributed by atoms with Gasteiger partial charge in [-0.25, -0.2) is 0 Å². The molecule has 0 fully saturated rings. The minimum atomic E-state index is -0.440. The predicted octanol–water partition coefficient (Wildman–Crippen LogP) is 4.33. The molecule has 0 saturated carbocycles. The average molecular weight is 362 g/mol. The van der Waals surface area contributed by atoms with Gasteiger partial charge in [-0.05, 0) is 48.6 Å². The predicted molar refractivity (Wildman–Crippen MR) is 102 cm³/mol. The highest BCUT2D eigenvalue weighted by Gasteiger charge is 2.26. The third kappa shape index (κ3) is 2.69. The number of nitrogens with zero attached hydrogens (tertiary/aromatic N) is 1. The number of hydrogen-bond acceptors (Lipinski definition) is 3. The second-order valence-corrected chi connectivity index (χ2v) is 7.42. The molecule has 24 heavy (non-hydrogen) atoms. The van der Waals surface area contributed by atoms with Gasteiger partial charge in [-0.3, -0.25) is 4.79 Å². The number of allylic oxidation sites excluding steroid dienone is 3. The maximum Gasteiger partial charge on any atom is 0.248 e. The number of aryl methyl sites for hydroxylation is 1. The molecule has 0 bridgehead atoms. The van der Waals surface area contributed by atoms with E-state index in [4.69, 9.17) is 16.7 Å². The van der Waals surface area contributed by atoms with Crippen molar-refractivity contribution in [3.05, 3.63) is 51.4 Å². The van der Waals surface area contributed by atoms with Crippen molar-refractivity contribution in [1.82, 2.24) is 4.90 Å². The fourth-order valence-corrected chi connectivity index (χ4v) is 4.94. The van der Waals surface area contributed by atoms with E-state index in [1.165, 1.54) is 10.9 Å². The van der Waals surface area contributed by atoms with E-state index in [0.717, 1.165) is 37.7 Å². The number of aliphatic hydroxyl groups excluding tert-OH is 1. The minimum Gasteiger partial charge on any atom is -0.387 e. The summed E-state index contributed by atoms with van der Waals surface area (Å²) in [7, 11) is 0. The van der Waals surface area contributed by atoms with Crippen molar-refractivity contribution >= 4 is 44.5 Å². The molecule has 5 heteroatoms. The molecule has 0 atom stereocenters. The molecule has 0 spiro atoms. The molecule has 0 aliphatic carbocycles. The molecule has 2 aromatic rings. The van der Waals surface area contributed by atoms with Gasteiger partial charge in [-0.15, -0.1) is 11.3 Å². The minimum absolute atomic E-state index is 0.221. The molecule has 1 aliphatic rings. The van der Waals surface area contributed by atoms with Gasteiger partial charge in [0.15, 0.2) is 0 Å². The van der Waals surface area contributed by atoms with Gasteiger partial charge in [-0.1, -0.05) is 30.3 Å². The molecule has 2 heterocycles. The first kappa shape index (κ1) is 17.2. The molecule has 1 aromatic heterocycles. The van der Waals surface area contributed by atoms with Gasteiger partial charge in [0.2, 0.25) is 5.91 Å². The molecule has 3 rings (SSSR count). The van der Waals surface area contributed by atoms with Crippen LogP contribution in [0.2, 0.25) is 5.02 Å². The molecular formula is C19H20ClNO2S. The summed E-state index contributed by atoms with van der Waals surface area (Å²) in [5, 5.41) is 11.1. The van der Waals surface area contributed by atoms with Gasteiger partial charge in [0, 0.05) is 16.8 Å². The molecule has 1 aromatic carbocycles. The first-order valence-corrected chi connectivity index (χ1v) is 9.12. The summed E-state index contributed by atoms with van der Waals surface area (Å²) in [6, 6.07) is 2.12. The first-order chi connectivity index (χ1) is 11.5. The van der Waals surface area contributed by atoms with Gasteiger partial charge in [0.05, 0.1) is 16.3 Å². The van der Waals surface area contributed by atoms with E-state index < -0.39 is 6.61 Å². The highest BCUT2D eigenvalue weighted by Crippen LogP contribution is 2.44. The molecule has 126 valence electrons. The van der Waals surface area contributed by atoms with Crippen LogP contribution in [-0.2, 0) is 17.8 Å². The molecule has 1 aliphatic heterocycles. The molecule has 1 amide bonds. The number of amides is 1. The Kier molecular flexibility index (Phi) is 4.81. The zero-order valence-electron chi connectivity index (χ0n) is 13.9. The smallest absolute Gasteiger partial charge is 0.248 e. The second kappa shape index (κ2) is 6.71. The number of aliphatic hydroxyl groups is 1. The molecule has 0 saturated heterocycles. The van der Waals surface area contributed by atoms with Gasteiger partial charge < -0.3 is 10.0 Å². The summed E-state index contributed by atoms with van der Waals surface area (Å²) in [4.78, 5) is 14.7. The summed E-state index contributed by atoms with van der Waals surface area (Å²) < 4.78 is 1.08. The van der Waals surface area contributed by atoms with E-state index in [-0.39, 0.29) is 5.91 Å². The third-order valence-electron chi connectivity index (χ3n) is 4.56. The van der Waals surface area contributed by atoms with Crippen molar-refractivity contribution in [3.63, 3.8) is 0 Å². The largest absolute Gasteiger partial charge is 0.387 e. The van der Waals surface area contributed by atoms with Crippen LogP contribution in [0.4, 0.5) is 0 Å². The molecule has 3 nitrogen and oxygen atoms in total. The Hall–Kier alpha value is -1.62. The number of hydrogen-bond donors (Lipinski definition) is 1. The summed E-state index contributed by atoms with van der Waals surface area (Å²) >= 11 is 8.24. The summed E-state index contributed by atoms with van der Waals surface area (Å²) in [5.74, 6) is -0.221. The Labute approximate surface area is 150 Å². The Morgan fingerprint density at radius 1 is 1.54 bits per heavy atom. The number of rotatable bonds is 3. The number of carbonyl (C=O) groups excluding carboxylic acids is 1. The van der Waals surface area contributed by atoms with Crippen molar-refractivity contribution in [3.8, 4) is 0 Å². The number of fused-ring (bicyclic) bond motifs is 3. The first-order valence-electron chi connectivity index (χ1n) is 7.92. The Balaban J connectivity index is 2.23. The second-order valence-electron chi connectivity index (χ2n) is 5.93. The van der Waals surface area contributed by atoms with Crippen LogP contribution in [0.5, 0.6) is 0 Å². The van der Waals surface area contributed by atoms with Gasteiger partial charge in [0.1, 0.15) is 6.61 Å². The van der Waals surface area contributed by atoms with Crippen molar-refractivity contribution in [2.75, 3.05) is 13.2 Å². The van der Waals surface area contributed by atoms with Crippen LogP contribution in [0.1, 0.15) is 28.5 Å². The monoisotopic (exact) mass is 361 g/mol. The average Bonchev–Trinajstić information content (AvgIpc) is 2.98. The summed E-state index contributed by atoms with van der Waals surface area (Å²) in [6.45, 7) is 8.69. The maximum atomic E-state index is 11.8. The van der Waals surface area contributed by atoms with Crippen molar-refractivity contribution in [1.29, 1.82) is 0 Å². The van der Waals surface area contributed by atoms with Crippen LogP contribution >= 0.6 is 22.9 Å². The zero-order valence-corrected chi connectivity index (χ0v) is 15.4. The van der Waals surface area contributed by atoms with E-state index in [9.17, 15) is 4.79 Å². The quantitative estimate of drug-likeness (QED) is 0.826. The maximum absolute atomic E-state index is 11.8. The standard InChI is InChI=1S/C19H20ClNO2S/c1-4-12(5-2)14-8-11(3)18(20)19-17(14)13-6-7-21(16(23)10-22)9-15(13)24-19/h4-5,8,22H,1,6-7,9-10H2,2-3H3/b12-5+. The molecular weight excluding hydrogens is 342 g/mol. The van der Waals surface area contributed by atoms with E-state index in [0.29, 0.717) is 13.1 Å². The topological polar surface area (TPSA) is 40.5 Å². The number of thiophene rings is 1. The van der Waals surface area contributed by atoms with Crippen LogP contribution in [0.15, 0.2) is 24.8 Å². The normalized spacial score (nSPS) is 14.8. The van der Waals surface area contributed by atoms with E-state index in [1.54, 1.807) is 16.2 Å². The summed E-state index contributed by atoms with van der Waals surface area (Å²) in [5.41, 5.74) is 4.57. The Bertz CT molecular complexity index is 866. The van der Waals surface area contributed by atoms with Crippen LogP contribution in [-0.4, -0.2) is 29.1 Å². The van der Waals surface area contributed by atoms with Crippen LogP contribution < -0.4 is 0 Å². The van der Waals surface area contributed by atoms with Gasteiger partial charge in [0.25, 0.3) is 0 Å². The number of carbonyl (C=O) groups is 1. The number of benzene rings is 1.